The molecule has 4 aliphatic carbocycles. The van der Waals surface area contributed by atoms with Crippen LogP contribution in [0.3, 0.4) is 0 Å². The molecule has 246 valence electrons. The van der Waals surface area contributed by atoms with Gasteiger partial charge < -0.3 is 31.3 Å². The van der Waals surface area contributed by atoms with Crippen LogP contribution in [0, 0.1) is 11.8 Å². The summed E-state index contributed by atoms with van der Waals surface area (Å²) < 4.78 is 6.15. The SMILES string of the molecule is NCc1ccc(NC(=O)c2cc3c(cc2-c2ccc(C(=O)NC45C[C@@H]6C[C@@H](CC(O)(C6)C4)C5)nc2C(=O)O)OCCc2ccsc2-3)cc1. The molecule has 4 fully saturated rings. The van der Waals surface area contributed by atoms with Crippen LogP contribution >= 0.6 is 11.3 Å². The largest absolute Gasteiger partial charge is 0.493 e. The number of ether oxygens (including phenoxy) is 1. The first kappa shape index (κ1) is 30.7. The van der Waals surface area contributed by atoms with Crippen molar-refractivity contribution >= 4 is 34.8 Å². The number of carbonyl (C=O) groups is 3. The summed E-state index contributed by atoms with van der Waals surface area (Å²) in [7, 11) is 0. The molecule has 4 aromatic rings. The molecule has 11 heteroatoms. The molecule has 48 heavy (non-hydrogen) atoms. The molecular formula is C37H36N4O6S. The lowest BCUT2D eigenvalue weighted by atomic mass is 9.51. The third-order valence-corrected chi connectivity index (χ3v) is 11.5. The number of anilines is 1. The second-order valence-electron chi connectivity index (χ2n) is 13.9. The number of amides is 2. The van der Waals surface area contributed by atoms with E-state index in [4.69, 9.17) is 10.5 Å². The van der Waals surface area contributed by atoms with Crippen molar-refractivity contribution in [3.05, 3.63) is 88.1 Å². The van der Waals surface area contributed by atoms with Crippen LogP contribution in [-0.4, -0.2) is 50.7 Å². The van der Waals surface area contributed by atoms with Crippen LogP contribution in [-0.2, 0) is 13.0 Å². The minimum Gasteiger partial charge on any atom is -0.493 e. The maximum atomic E-state index is 14.0. The number of aromatic carboxylic acids is 1. The van der Waals surface area contributed by atoms with Crippen molar-refractivity contribution in [3.8, 4) is 27.3 Å². The van der Waals surface area contributed by atoms with E-state index in [2.05, 4.69) is 15.6 Å². The smallest absolute Gasteiger partial charge is 0.355 e. The van der Waals surface area contributed by atoms with Gasteiger partial charge in [0.15, 0.2) is 5.69 Å². The number of hydrogen-bond donors (Lipinski definition) is 5. The Hall–Kier alpha value is -4.58. The zero-order valence-electron chi connectivity index (χ0n) is 26.3. The summed E-state index contributed by atoms with van der Waals surface area (Å²) in [6.45, 7) is 0.798. The average Bonchev–Trinajstić information content (AvgIpc) is 3.44. The summed E-state index contributed by atoms with van der Waals surface area (Å²) in [5, 5.41) is 29.7. The Kier molecular flexibility index (Phi) is 7.39. The molecule has 0 saturated heterocycles. The monoisotopic (exact) mass is 664 g/mol. The van der Waals surface area contributed by atoms with E-state index in [1.807, 2.05) is 23.6 Å². The predicted octanol–water partition coefficient (Wildman–Crippen LogP) is 5.63. The van der Waals surface area contributed by atoms with E-state index in [1.54, 1.807) is 41.7 Å². The van der Waals surface area contributed by atoms with Crippen LogP contribution in [0.15, 0.2) is 60.0 Å². The van der Waals surface area contributed by atoms with Crippen molar-refractivity contribution in [1.29, 1.82) is 0 Å². The lowest BCUT2D eigenvalue weighted by molar-refractivity contribution is -0.139. The van der Waals surface area contributed by atoms with Crippen LogP contribution < -0.4 is 21.1 Å². The Morgan fingerprint density at radius 1 is 0.958 bits per heavy atom. The zero-order valence-corrected chi connectivity index (χ0v) is 27.1. The van der Waals surface area contributed by atoms with Crippen LogP contribution in [0.5, 0.6) is 5.75 Å². The molecule has 0 spiro atoms. The summed E-state index contributed by atoms with van der Waals surface area (Å²) in [6.07, 6.45) is 5.41. The molecule has 0 radical (unpaired) electrons. The maximum Gasteiger partial charge on any atom is 0.355 e. The van der Waals surface area contributed by atoms with Crippen molar-refractivity contribution in [2.24, 2.45) is 17.6 Å². The minimum absolute atomic E-state index is 0.0286. The van der Waals surface area contributed by atoms with E-state index >= 15 is 0 Å². The van der Waals surface area contributed by atoms with Crippen LogP contribution in [0.4, 0.5) is 5.69 Å². The van der Waals surface area contributed by atoms with Crippen molar-refractivity contribution in [3.63, 3.8) is 0 Å². The number of benzene rings is 2. The second kappa shape index (κ2) is 11.5. The lowest BCUT2D eigenvalue weighted by Crippen LogP contribution is -2.65. The fraction of sp³-hybridized carbons (Fsp3) is 0.351. The third-order valence-electron chi connectivity index (χ3n) is 10.5. The Balaban J connectivity index is 1.18. The highest BCUT2D eigenvalue weighted by Crippen LogP contribution is 2.57. The maximum absolute atomic E-state index is 14.0. The number of rotatable bonds is 7. The van der Waals surface area contributed by atoms with Gasteiger partial charge in [0.1, 0.15) is 11.4 Å². The van der Waals surface area contributed by atoms with Gasteiger partial charge in [-0.2, -0.15) is 0 Å². The number of carboxylic acids is 1. The molecule has 4 atom stereocenters. The first-order chi connectivity index (χ1) is 23.1. The number of carbonyl (C=O) groups excluding carboxylic acids is 2. The Morgan fingerprint density at radius 2 is 1.73 bits per heavy atom. The molecule has 2 unspecified atom stereocenters. The number of nitrogens with zero attached hydrogens (tertiary/aromatic N) is 1. The fourth-order valence-electron chi connectivity index (χ4n) is 8.88. The lowest BCUT2D eigenvalue weighted by Gasteiger charge is -2.60. The van der Waals surface area contributed by atoms with Crippen molar-refractivity contribution < 1.29 is 29.3 Å². The van der Waals surface area contributed by atoms with E-state index in [9.17, 15) is 24.6 Å². The normalized spacial score (nSPS) is 25.0. The van der Waals surface area contributed by atoms with Gasteiger partial charge in [-0.1, -0.05) is 12.1 Å². The predicted molar refractivity (Wildman–Crippen MR) is 181 cm³/mol. The van der Waals surface area contributed by atoms with Gasteiger partial charge in [0.2, 0.25) is 0 Å². The number of carboxylic acid groups (broad SMARTS) is 1. The summed E-state index contributed by atoms with van der Waals surface area (Å²) in [6, 6.07) is 15.7. The Labute approximate surface area is 281 Å². The van der Waals surface area contributed by atoms with Crippen molar-refractivity contribution in [2.45, 2.75) is 62.6 Å². The summed E-state index contributed by atoms with van der Waals surface area (Å²) in [5.41, 5.74) is 8.18. The van der Waals surface area contributed by atoms with Crippen LogP contribution in [0.1, 0.15) is 81.0 Å². The zero-order chi connectivity index (χ0) is 33.2. The number of aromatic nitrogens is 1. The average molecular weight is 665 g/mol. The molecule has 2 aromatic heterocycles. The van der Waals surface area contributed by atoms with Gasteiger partial charge in [0.25, 0.3) is 11.8 Å². The number of thiophene rings is 1. The van der Waals surface area contributed by atoms with Crippen molar-refractivity contribution in [1.82, 2.24) is 10.3 Å². The molecule has 2 aromatic carbocycles. The topological polar surface area (TPSA) is 164 Å². The van der Waals surface area contributed by atoms with Gasteiger partial charge in [0.05, 0.1) is 12.2 Å². The number of hydrogen-bond acceptors (Lipinski definition) is 8. The highest BCUT2D eigenvalue weighted by atomic mass is 32.1. The highest BCUT2D eigenvalue weighted by Gasteiger charge is 2.57. The number of fused-ring (bicyclic) bond motifs is 3. The molecule has 9 rings (SSSR count). The first-order valence-corrected chi connectivity index (χ1v) is 17.3. The molecular weight excluding hydrogens is 628 g/mol. The molecule has 1 aliphatic heterocycles. The summed E-state index contributed by atoms with van der Waals surface area (Å²) in [5.74, 6) is -0.968. The highest BCUT2D eigenvalue weighted by molar-refractivity contribution is 7.13. The number of nitrogens with one attached hydrogen (secondary N) is 2. The first-order valence-electron chi connectivity index (χ1n) is 16.4. The molecule has 3 heterocycles. The molecule has 2 amide bonds. The minimum atomic E-state index is -1.33. The van der Waals surface area contributed by atoms with E-state index in [1.165, 1.54) is 6.07 Å². The number of aliphatic hydroxyl groups is 1. The Morgan fingerprint density at radius 3 is 2.44 bits per heavy atom. The molecule has 10 nitrogen and oxygen atoms in total. The van der Waals surface area contributed by atoms with E-state index < -0.39 is 28.9 Å². The summed E-state index contributed by atoms with van der Waals surface area (Å²) in [4.78, 5) is 45.8. The van der Waals surface area contributed by atoms with E-state index in [0.29, 0.717) is 54.8 Å². The van der Waals surface area contributed by atoms with Gasteiger partial charge in [-0.25, -0.2) is 9.78 Å². The molecule has 6 N–H and O–H groups in total. The van der Waals surface area contributed by atoms with E-state index in [-0.39, 0.29) is 22.5 Å². The third kappa shape index (κ3) is 5.45. The number of pyridine rings is 1. The molecule has 4 bridgehead atoms. The Bertz CT molecular complexity index is 1960. The quantitative estimate of drug-likeness (QED) is 0.170. The fourth-order valence-corrected chi connectivity index (χ4v) is 9.86. The van der Waals surface area contributed by atoms with Gasteiger partial charge >= 0.3 is 5.97 Å². The van der Waals surface area contributed by atoms with Crippen LogP contribution in [0.25, 0.3) is 21.6 Å². The number of nitrogens with two attached hydrogens (primary N) is 1. The standard InChI is InChI=1S/C37H36N4O6S/c38-18-20-1-3-24(4-2-20)39-33(42)27-12-28-30(47-9-7-23-8-10-48-32(23)28)13-26(27)25-5-6-29(40-31(25)35(44)45)34(43)41-36-14-21-11-22(15-36)17-37(46,16-21)19-36/h1-6,8,10,12-13,21-22,46H,7,9,11,14-19,38H2,(H,39,42)(H,41,43)(H,44,45)/t21-,22+,36?,37?. The van der Waals surface area contributed by atoms with Gasteiger partial charge in [-0.3, -0.25) is 9.59 Å². The molecule has 4 saturated carbocycles. The van der Waals surface area contributed by atoms with Gasteiger partial charge in [-0.05, 0) is 109 Å². The molecule has 5 aliphatic rings. The van der Waals surface area contributed by atoms with Gasteiger partial charge in [-0.15, -0.1) is 11.3 Å². The van der Waals surface area contributed by atoms with E-state index in [0.717, 1.165) is 53.7 Å². The summed E-state index contributed by atoms with van der Waals surface area (Å²) >= 11 is 1.56. The van der Waals surface area contributed by atoms with Crippen molar-refractivity contribution in [2.75, 3.05) is 11.9 Å². The van der Waals surface area contributed by atoms with Gasteiger partial charge in [0, 0.05) is 51.3 Å². The van der Waals surface area contributed by atoms with Crippen LogP contribution in [0.2, 0.25) is 0 Å². The second-order valence-corrected chi connectivity index (χ2v) is 14.9.